The highest BCUT2D eigenvalue weighted by Gasteiger charge is 2.27. The van der Waals surface area contributed by atoms with E-state index in [1.807, 2.05) is 37.3 Å². The van der Waals surface area contributed by atoms with Crippen molar-refractivity contribution in [3.63, 3.8) is 0 Å². The van der Waals surface area contributed by atoms with E-state index in [1.54, 1.807) is 18.2 Å². The maximum Gasteiger partial charge on any atom is 0.335 e. The van der Waals surface area contributed by atoms with E-state index in [4.69, 9.17) is 11.6 Å². The standard InChI is InChI=1S/C23H22ClN3O3S/c1-14-21(31-22(25-14)15-7-9-18(24)10-8-15)26-20(28)17-5-3-11-27(13-17)19-6-2-4-16(12-19)23(29)30/h2,4,6-10,12,17H,3,5,11,13H2,1H3,(H,26,28)(H,29,30). The highest BCUT2D eigenvalue weighted by Crippen LogP contribution is 2.33. The Morgan fingerprint density at radius 3 is 2.74 bits per heavy atom. The van der Waals surface area contributed by atoms with Crippen LogP contribution in [-0.2, 0) is 4.79 Å². The smallest absolute Gasteiger partial charge is 0.335 e. The summed E-state index contributed by atoms with van der Waals surface area (Å²) in [5.41, 5.74) is 2.82. The van der Waals surface area contributed by atoms with Gasteiger partial charge in [0.15, 0.2) is 0 Å². The first-order valence-electron chi connectivity index (χ1n) is 10.0. The maximum atomic E-state index is 13.0. The van der Waals surface area contributed by atoms with E-state index in [1.165, 1.54) is 11.3 Å². The van der Waals surface area contributed by atoms with Crippen LogP contribution in [0.1, 0.15) is 28.9 Å². The van der Waals surface area contributed by atoms with Gasteiger partial charge in [-0.1, -0.05) is 41.1 Å². The number of aryl methyl sites for hydroxylation is 1. The van der Waals surface area contributed by atoms with Gasteiger partial charge in [-0.3, -0.25) is 4.79 Å². The average Bonchev–Trinajstić information content (AvgIpc) is 3.14. The maximum absolute atomic E-state index is 13.0. The molecule has 1 amide bonds. The number of piperidine rings is 1. The molecule has 1 unspecified atom stereocenters. The van der Waals surface area contributed by atoms with Gasteiger partial charge in [-0.25, -0.2) is 9.78 Å². The van der Waals surface area contributed by atoms with Crippen LogP contribution in [0.25, 0.3) is 10.6 Å². The van der Waals surface area contributed by atoms with Gasteiger partial charge in [0.1, 0.15) is 10.0 Å². The number of hydrogen-bond donors (Lipinski definition) is 2. The average molecular weight is 456 g/mol. The molecule has 0 aliphatic carbocycles. The highest BCUT2D eigenvalue weighted by molar-refractivity contribution is 7.19. The lowest BCUT2D eigenvalue weighted by Gasteiger charge is -2.33. The van der Waals surface area contributed by atoms with E-state index >= 15 is 0 Å². The van der Waals surface area contributed by atoms with Crippen LogP contribution in [0.4, 0.5) is 10.7 Å². The molecule has 3 aromatic rings. The van der Waals surface area contributed by atoms with Crippen molar-refractivity contribution in [3.8, 4) is 10.6 Å². The number of aromatic nitrogens is 1. The first-order chi connectivity index (χ1) is 14.9. The molecule has 0 radical (unpaired) electrons. The molecule has 0 saturated carbocycles. The number of hydrogen-bond acceptors (Lipinski definition) is 5. The zero-order valence-electron chi connectivity index (χ0n) is 17.0. The number of nitrogens with zero attached hydrogens (tertiary/aromatic N) is 2. The lowest BCUT2D eigenvalue weighted by molar-refractivity contribution is -0.120. The number of benzene rings is 2. The van der Waals surface area contributed by atoms with Crippen LogP contribution >= 0.6 is 22.9 Å². The van der Waals surface area contributed by atoms with E-state index in [-0.39, 0.29) is 17.4 Å². The quantitative estimate of drug-likeness (QED) is 0.543. The summed E-state index contributed by atoms with van der Waals surface area (Å²) in [4.78, 5) is 30.9. The predicted octanol–water partition coefficient (Wildman–Crippen LogP) is 5.33. The Morgan fingerprint density at radius 1 is 1.23 bits per heavy atom. The molecule has 1 saturated heterocycles. The van der Waals surface area contributed by atoms with Crippen LogP contribution in [-0.4, -0.2) is 35.1 Å². The minimum atomic E-state index is -0.953. The Kier molecular flexibility index (Phi) is 6.25. The van der Waals surface area contributed by atoms with Crippen molar-refractivity contribution < 1.29 is 14.7 Å². The second-order valence-corrected chi connectivity index (χ2v) is 9.01. The molecule has 4 rings (SSSR count). The first kappa shape index (κ1) is 21.3. The van der Waals surface area contributed by atoms with Gasteiger partial charge in [-0.15, -0.1) is 0 Å². The zero-order valence-corrected chi connectivity index (χ0v) is 18.5. The number of carboxylic acids is 1. The Labute approximate surface area is 189 Å². The third-order valence-corrected chi connectivity index (χ3v) is 6.75. The van der Waals surface area contributed by atoms with Gasteiger partial charge in [0.2, 0.25) is 5.91 Å². The van der Waals surface area contributed by atoms with Gasteiger partial charge in [-0.2, -0.15) is 0 Å². The minimum Gasteiger partial charge on any atom is -0.478 e. The van der Waals surface area contributed by atoms with Crippen molar-refractivity contribution in [2.45, 2.75) is 19.8 Å². The lowest BCUT2D eigenvalue weighted by atomic mass is 9.96. The van der Waals surface area contributed by atoms with Crippen molar-refractivity contribution in [3.05, 3.63) is 64.8 Å². The van der Waals surface area contributed by atoms with Crippen molar-refractivity contribution in [2.24, 2.45) is 5.92 Å². The molecule has 2 N–H and O–H groups in total. The molecule has 1 aliphatic rings. The van der Waals surface area contributed by atoms with E-state index < -0.39 is 5.97 Å². The number of carbonyl (C=O) groups is 2. The molecule has 0 spiro atoms. The summed E-state index contributed by atoms with van der Waals surface area (Å²) >= 11 is 7.41. The van der Waals surface area contributed by atoms with Gasteiger partial charge >= 0.3 is 5.97 Å². The molecule has 1 aromatic heterocycles. The van der Waals surface area contributed by atoms with Crippen LogP contribution in [0.5, 0.6) is 0 Å². The predicted molar refractivity (Wildman–Crippen MR) is 124 cm³/mol. The molecule has 2 heterocycles. The van der Waals surface area contributed by atoms with Crippen molar-refractivity contribution in [1.29, 1.82) is 0 Å². The number of rotatable bonds is 5. The summed E-state index contributed by atoms with van der Waals surface area (Å²) in [6, 6.07) is 14.3. The molecular weight excluding hydrogens is 434 g/mol. The van der Waals surface area contributed by atoms with Crippen molar-refractivity contribution in [2.75, 3.05) is 23.3 Å². The van der Waals surface area contributed by atoms with E-state index in [0.717, 1.165) is 46.3 Å². The molecule has 8 heteroatoms. The zero-order chi connectivity index (χ0) is 22.0. The Bertz CT molecular complexity index is 1110. The third-order valence-electron chi connectivity index (χ3n) is 5.37. The fourth-order valence-electron chi connectivity index (χ4n) is 3.70. The van der Waals surface area contributed by atoms with Crippen LogP contribution < -0.4 is 10.2 Å². The normalized spacial score (nSPS) is 16.2. The molecule has 31 heavy (non-hydrogen) atoms. The van der Waals surface area contributed by atoms with E-state index in [2.05, 4.69) is 15.2 Å². The number of thiazole rings is 1. The van der Waals surface area contributed by atoms with Crippen LogP contribution in [0.3, 0.4) is 0 Å². The topological polar surface area (TPSA) is 82.5 Å². The number of halogens is 1. The Morgan fingerprint density at radius 2 is 2.00 bits per heavy atom. The summed E-state index contributed by atoms with van der Waals surface area (Å²) in [5.74, 6) is -1.17. The number of carboxylic acid groups (broad SMARTS) is 1. The fourth-order valence-corrected chi connectivity index (χ4v) is 4.80. The highest BCUT2D eigenvalue weighted by atomic mass is 35.5. The summed E-state index contributed by atoms with van der Waals surface area (Å²) in [5, 5.41) is 14.5. The summed E-state index contributed by atoms with van der Waals surface area (Å²) in [6.45, 7) is 3.24. The second kappa shape index (κ2) is 9.08. The Hall–Kier alpha value is -2.90. The second-order valence-electron chi connectivity index (χ2n) is 7.57. The van der Waals surface area contributed by atoms with E-state index in [9.17, 15) is 14.7 Å². The minimum absolute atomic E-state index is 0.0338. The summed E-state index contributed by atoms with van der Waals surface area (Å²) in [7, 11) is 0. The van der Waals surface area contributed by atoms with Gasteiger partial charge in [0, 0.05) is 29.4 Å². The van der Waals surface area contributed by atoms with Crippen molar-refractivity contribution in [1.82, 2.24) is 4.98 Å². The van der Waals surface area contributed by atoms with Gasteiger partial charge in [0.25, 0.3) is 0 Å². The molecule has 6 nitrogen and oxygen atoms in total. The molecule has 1 atom stereocenters. The summed E-state index contributed by atoms with van der Waals surface area (Å²) in [6.07, 6.45) is 1.66. The summed E-state index contributed by atoms with van der Waals surface area (Å²) < 4.78 is 0. The van der Waals surface area contributed by atoms with Gasteiger partial charge in [0.05, 0.1) is 17.2 Å². The van der Waals surface area contributed by atoms with Gasteiger partial charge < -0.3 is 15.3 Å². The first-order valence-corrected chi connectivity index (χ1v) is 11.2. The van der Waals surface area contributed by atoms with Crippen LogP contribution in [0.15, 0.2) is 48.5 Å². The van der Waals surface area contributed by atoms with Gasteiger partial charge in [-0.05, 0) is 50.1 Å². The fraction of sp³-hybridized carbons (Fsp3) is 0.261. The molecule has 1 fully saturated rings. The third kappa shape index (κ3) is 4.89. The molecular formula is C23H22ClN3O3S. The number of anilines is 2. The largest absolute Gasteiger partial charge is 0.478 e. The number of amides is 1. The lowest BCUT2D eigenvalue weighted by Crippen LogP contribution is -2.40. The monoisotopic (exact) mass is 455 g/mol. The molecule has 1 aliphatic heterocycles. The van der Waals surface area contributed by atoms with Crippen LogP contribution in [0.2, 0.25) is 5.02 Å². The van der Waals surface area contributed by atoms with Crippen LogP contribution in [0, 0.1) is 12.8 Å². The van der Waals surface area contributed by atoms with E-state index in [0.29, 0.717) is 11.6 Å². The number of nitrogens with one attached hydrogen (secondary N) is 1. The molecule has 0 bridgehead atoms. The number of carbonyl (C=O) groups excluding carboxylic acids is 1. The molecule has 160 valence electrons. The Balaban J connectivity index is 1.46. The molecule has 2 aromatic carbocycles. The number of aromatic carboxylic acids is 1. The van der Waals surface area contributed by atoms with Crippen molar-refractivity contribution >= 4 is 45.5 Å². The SMILES string of the molecule is Cc1nc(-c2ccc(Cl)cc2)sc1NC(=O)C1CCCN(c2cccc(C(=O)O)c2)C1.